The molecule has 114 valence electrons. The Bertz CT molecular complexity index is 841. The van der Waals surface area contributed by atoms with Crippen molar-refractivity contribution in [3.63, 3.8) is 0 Å². The topological polar surface area (TPSA) is 86.5 Å². The van der Waals surface area contributed by atoms with E-state index in [1.54, 1.807) is 30.3 Å². The fraction of sp³-hybridized carbons (Fsp3) is 0.0625. The molecule has 0 aliphatic heterocycles. The first-order chi connectivity index (χ1) is 10.4. The van der Waals surface area contributed by atoms with Gasteiger partial charge >= 0.3 is 0 Å². The number of ether oxygens (including phenoxy) is 1. The first kappa shape index (κ1) is 15.9. The second-order valence-electron chi connectivity index (χ2n) is 4.49. The number of methoxy groups -OCH3 is 1. The van der Waals surface area contributed by atoms with Crippen LogP contribution in [-0.4, -0.2) is 21.3 Å². The molecule has 0 unspecified atom stereocenters. The highest BCUT2D eigenvalue weighted by atomic mass is 32.2. The highest BCUT2D eigenvalue weighted by molar-refractivity contribution is 7.89. The molecule has 0 spiro atoms. The lowest BCUT2D eigenvalue weighted by molar-refractivity contribution is 0.104. The zero-order valence-corrected chi connectivity index (χ0v) is 12.8. The molecule has 2 aromatic rings. The number of carbonyl (C=O) groups is 1. The summed E-state index contributed by atoms with van der Waals surface area (Å²) >= 11 is 0. The summed E-state index contributed by atoms with van der Waals surface area (Å²) in [6, 6.07) is 11.5. The van der Waals surface area contributed by atoms with Crippen LogP contribution in [0.3, 0.4) is 0 Å². The Morgan fingerprint density at radius 1 is 1.14 bits per heavy atom. The zero-order chi connectivity index (χ0) is 16.3. The molecule has 0 saturated carbocycles. The normalized spacial score (nSPS) is 11.0. The molecule has 6 heteroatoms. The first-order valence-electron chi connectivity index (χ1n) is 6.36. The van der Waals surface area contributed by atoms with Crippen LogP contribution in [0.15, 0.2) is 60.0 Å². The number of rotatable bonds is 5. The van der Waals surface area contributed by atoms with E-state index in [4.69, 9.17) is 9.88 Å². The molecule has 22 heavy (non-hydrogen) atoms. The van der Waals surface area contributed by atoms with Gasteiger partial charge in [-0.3, -0.25) is 4.79 Å². The van der Waals surface area contributed by atoms with E-state index in [9.17, 15) is 13.2 Å². The van der Waals surface area contributed by atoms with Gasteiger partial charge in [-0.05, 0) is 23.8 Å². The van der Waals surface area contributed by atoms with Crippen molar-refractivity contribution in [2.24, 2.45) is 5.14 Å². The Morgan fingerprint density at radius 2 is 1.77 bits per heavy atom. The molecule has 5 nitrogen and oxygen atoms in total. The summed E-state index contributed by atoms with van der Waals surface area (Å²) in [4.78, 5) is 12.0. The van der Waals surface area contributed by atoms with Gasteiger partial charge < -0.3 is 4.74 Å². The number of para-hydroxylation sites is 1. The number of carbonyl (C=O) groups excluding carboxylic acids is 1. The van der Waals surface area contributed by atoms with Gasteiger partial charge in [0.1, 0.15) is 5.75 Å². The number of ketones is 1. The smallest absolute Gasteiger partial charge is 0.238 e. The SMILES string of the molecule is C=CC(=O)c1c(-c2ccccc2OC)cccc1S(N)(=O)=O. The molecule has 0 amide bonds. The molecule has 0 aliphatic rings. The van der Waals surface area contributed by atoms with Crippen molar-refractivity contribution in [1.29, 1.82) is 0 Å². The fourth-order valence-electron chi connectivity index (χ4n) is 2.22. The molecule has 2 N–H and O–H groups in total. The van der Waals surface area contributed by atoms with E-state index in [0.29, 0.717) is 16.9 Å². The van der Waals surface area contributed by atoms with Gasteiger partial charge in [0.05, 0.1) is 12.0 Å². The second kappa shape index (κ2) is 6.13. The minimum Gasteiger partial charge on any atom is -0.496 e. The molecular weight excluding hydrogens is 302 g/mol. The van der Waals surface area contributed by atoms with E-state index in [2.05, 4.69) is 6.58 Å². The lowest BCUT2D eigenvalue weighted by Crippen LogP contribution is -2.17. The Kier molecular flexibility index (Phi) is 4.44. The average molecular weight is 317 g/mol. The van der Waals surface area contributed by atoms with Crippen LogP contribution in [0.5, 0.6) is 5.75 Å². The molecule has 0 atom stereocenters. The van der Waals surface area contributed by atoms with Gasteiger partial charge in [-0.2, -0.15) is 0 Å². The minimum absolute atomic E-state index is 0.00972. The summed E-state index contributed by atoms with van der Waals surface area (Å²) in [6.45, 7) is 3.42. The van der Waals surface area contributed by atoms with Crippen LogP contribution in [0.1, 0.15) is 10.4 Å². The average Bonchev–Trinajstić information content (AvgIpc) is 2.52. The Hall–Kier alpha value is -2.44. The van der Waals surface area contributed by atoms with E-state index in [0.717, 1.165) is 6.08 Å². The third-order valence-electron chi connectivity index (χ3n) is 3.16. The molecule has 0 bridgehead atoms. The predicted molar refractivity (Wildman–Crippen MR) is 84.3 cm³/mol. The predicted octanol–water partition coefficient (Wildman–Crippen LogP) is 2.38. The monoisotopic (exact) mass is 317 g/mol. The number of nitrogens with two attached hydrogens (primary N) is 1. The second-order valence-corrected chi connectivity index (χ2v) is 6.02. The van der Waals surface area contributed by atoms with E-state index in [1.165, 1.54) is 19.2 Å². The number of hydrogen-bond acceptors (Lipinski definition) is 4. The van der Waals surface area contributed by atoms with Crippen molar-refractivity contribution in [3.05, 3.63) is 60.7 Å². The summed E-state index contributed by atoms with van der Waals surface area (Å²) < 4.78 is 28.8. The molecule has 0 radical (unpaired) electrons. The van der Waals surface area contributed by atoms with Crippen molar-refractivity contribution in [3.8, 4) is 16.9 Å². The van der Waals surface area contributed by atoms with Crippen molar-refractivity contribution >= 4 is 15.8 Å². The van der Waals surface area contributed by atoms with Crippen LogP contribution in [0, 0.1) is 0 Å². The third-order valence-corrected chi connectivity index (χ3v) is 4.11. The summed E-state index contributed by atoms with van der Waals surface area (Å²) in [5.41, 5.74) is 1.01. The van der Waals surface area contributed by atoms with Crippen molar-refractivity contribution in [1.82, 2.24) is 0 Å². The molecule has 0 fully saturated rings. The van der Waals surface area contributed by atoms with E-state index in [-0.39, 0.29) is 10.5 Å². The van der Waals surface area contributed by atoms with Crippen LogP contribution in [0.4, 0.5) is 0 Å². The van der Waals surface area contributed by atoms with Crippen molar-refractivity contribution in [2.75, 3.05) is 7.11 Å². The Morgan fingerprint density at radius 3 is 2.36 bits per heavy atom. The van der Waals surface area contributed by atoms with Crippen LogP contribution < -0.4 is 9.88 Å². The lowest BCUT2D eigenvalue weighted by Gasteiger charge is -2.14. The summed E-state index contributed by atoms with van der Waals surface area (Å²) in [5.74, 6) is -0.00212. The molecule has 2 aromatic carbocycles. The molecule has 0 saturated heterocycles. The van der Waals surface area contributed by atoms with Crippen LogP contribution in [-0.2, 0) is 10.0 Å². The standard InChI is InChI=1S/C16H15NO4S/c1-3-13(18)16-12(8-6-10-15(16)22(17,19)20)11-7-4-5-9-14(11)21-2/h3-10H,1H2,2H3,(H2,17,19,20). The van der Waals surface area contributed by atoms with Gasteiger partial charge in [0.2, 0.25) is 10.0 Å². The molecule has 0 aliphatic carbocycles. The zero-order valence-electron chi connectivity index (χ0n) is 11.9. The number of hydrogen-bond donors (Lipinski definition) is 1. The molecule has 0 heterocycles. The van der Waals surface area contributed by atoms with E-state index < -0.39 is 15.8 Å². The highest BCUT2D eigenvalue weighted by Gasteiger charge is 2.23. The van der Waals surface area contributed by atoms with Gasteiger partial charge in [-0.15, -0.1) is 0 Å². The van der Waals surface area contributed by atoms with Gasteiger partial charge in [0.25, 0.3) is 0 Å². The summed E-state index contributed by atoms with van der Waals surface area (Å²) in [6.07, 6.45) is 1.06. The molecular formula is C16H15NO4S. The number of benzene rings is 2. The number of sulfonamides is 1. The largest absolute Gasteiger partial charge is 0.496 e. The molecule has 0 aromatic heterocycles. The van der Waals surface area contributed by atoms with Crippen LogP contribution in [0.2, 0.25) is 0 Å². The van der Waals surface area contributed by atoms with E-state index in [1.807, 2.05) is 0 Å². The highest BCUT2D eigenvalue weighted by Crippen LogP contribution is 2.34. The minimum atomic E-state index is -4.05. The van der Waals surface area contributed by atoms with Crippen LogP contribution >= 0.6 is 0 Å². The summed E-state index contributed by atoms with van der Waals surface area (Å²) in [7, 11) is -2.55. The Balaban J connectivity index is 2.88. The maximum atomic E-state index is 12.2. The van der Waals surface area contributed by atoms with Crippen molar-refractivity contribution in [2.45, 2.75) is 4.90 Å². The van der Waals surface area contributed by atoms with Crippen LogP contribution in [0.25, 0.3) is 11.1 Å². The van der Waals surface area contributed by atoms with Gasteiger partial charge in [-0.25, -0.2) is 13.6 Å². The third kappa shape index (κ3) is 2.93. The maximum Gasteiger partial charge on any atom is 0.238 e. The maximum absolute atomic E-state index is 12.2. The quantitative estimate of drug-likeness (QED) is 0.677. The number of allylic oxidation sites excluding steroid dienone is 1. The summed E-state index contributed by atoms with van der Waals surface area (Å²) in [5, 5.41) is 5.22. The van der Waals surface area contributed by atoms with Gasteiger partial charge in [-0.1, -0.05) is 36.9 Å². The van der Waals surface area contributed by atoms with Crippen molar-refractivity contribution < 1.29 is 17.9 Å². The first-order valence-corrected chi connectivity index (χ1v) is 7.90. The van der Waals surface area contributed by atoms with Gasteiger partial charge in [0, 0.05) is 11.1 Å². The van der Waals surface area contributed by atoms with E-state index >= 15 is 0 Å². The molecule has 2 rings (SSSR count). The Labute approximate surface area is 129 Å². The lowest BCUT2D eigenvalue weighted by atomic mass is 9.96. The number of primary sulfonamides is 1. The fourth-order valence-corrected chi connectivity index (χ4v) is 2.98. The van der Waals surface area contributed by atoms with Gasteiger partial charge in [0.15, 0.2) is 5.78 Å².